The summed E-state index contributed by atoms with van der Waals surface area (Å²) >= 11 is 5.89. The van der Waals surface area contributed by atoms with E-state index in [4.69, 9.17) is 26.2 Å². The molecule has 0 spiro atoms. The van der Waals surface area contributed by atoms with Crippen molar-refractivity contribution in [2.24, 2.45) is 5.92 Å². The van der Waals surface area contributed by atoms with Crippen molar-refractivity contribution in [3.05, 3.63) is 64.2 Å². The summed E-state index contributed by atoms with van der Waals surface area (Å²) in [5.74, 6) is 0.108. The van der Waals surface area contributed by atoms with Crippen LogP contribution in [0, 0.1) is 5.92 Å². The van der Waals surface area contributed by atoms with Crippen molar-refractivity contribution in [2.45, 2.75) is 57.2 Å². The number of hydrogen-bond donors (Lipinski definition) is 2. The summed E-state index contributed by atoms with van der Waals surface area (Å²) in [6.45, 7) is 3.41. The lowest BCUT2D eigenvalue weighted by molar-refractivity contribution is -0.136. The van der Waals surface area contributed by atoms with Gasteiger partial charge < -0.3 is 19.9 Å². The van der Waals surface area contributed by atoms with E-state index in [-0.39, 0.29) is 24.3 Å². The van der Waals surface area contributed by atoms with Crippen molar-refractivity contribution in [3.8, 4) is 5.75 Å². The number of rotatable bonds is 8. The number of aryl methyl sites for hydroxylation is 1. The van der Waals surface area contributed by atoms with E-state index in [1.165, 1.54) is 0 Å². The van der Waals surface area contributed by atoms with Gasteiger partial charge in [-0.25, -0.2) is 0 Å². The Morgan fingerprint density at radius 3 is 2.76 bits per heavy atom. The highest BCUT2D eigenvalue weighted by molar-refractivity contribution is 6.30. The van der Waals surface area contributed by atoms with E-state index >= 15 is 0 Å². The minimum Gasteiger partial charge on any atom is -0.487 e. The number of amides is 1. The molecule has 0 aromatic heterocycles. The van der Waals surface area contributed by atoms with Crippen LogP contribution >= 0.6 is 11.6 Å². The Kier molecular flexibility index (Phi) is 7.25. The number of carboxylic acids is 1. The molecule has 2 aromatic rings. The topological polar surface area (TPSA) is 84.9 Å². The number of nitrogens with one attached hydrogen (secondary N) is 1. The molecule has 2 N–H and O–H groups in total. The van der Waals surface area contributed by atoms with E-state index in [0.29, 0.717) is 30.2 Å². The molecular weight excluding hydrogens is 442 g/mol. The van der Waals surface area contributed by atoms with Crippen LogP contribution in [0.1, 0.15) is 66.6 Å². The van der Waals surface area contributed by atoms with Gasteiger partial charge in [-0.1, -0.05) is 17.7 Å². The Morgan fingerprint density at radius 2 is 2.00 bits per heavy atom. The second-order valence-corrected chi connectivity index (χ2v) is 9.52. The monoisotopic (exact) mass is 471 g/mol. The third-order valence-corrected chi connectivity index (χ3v) is 6.95. The van der Waals surface area contributed by atoms with Gasteiger partial charge in [-0.3, -0.25) is 9.59 Å². The number of ether oxygens (including phenoxy) is 2. The van der Waals surface area contributed by atoms with Crippen molar-refractivity contribution < 1.29 is 24.2 Å². The van der Waals surface area contributed by atoms with Crippen molar-refractivity contribution in [1.82, 2.24) is 5.32 Å². The Morgan fingerprint density at radius 1 is 1.21 bits per heavy atom. The molecule has 6 nitrogen and oxygen atoms in total. The molecule has 2 aliphatic heterocycles. The van der Waals surface area contributed by atoms with Crippen LogP contribution in [0.3, 0.4) is 0 Å². The lowest BCUT2D eigenvalue weighted by atomic mass is 9.73. The molecule has 176 valence electrons. The molecule has 7 heteroatoms. The molecule has 4 rings (SSSR count). The highest BCUT2D eigenvalue weighted by Gasteiger charge is 2.48. The number of carboxylic acid groups (broad SMARTS) is 1. The smallest absolute Gasteiger partial charge is 0.303 e. The molecule has 2 aliphatic rings. The molecule has 3 atom stereocenters. The van der Waals surface area contributed by atoms with Crippen LogP contribution in [0.25, 0.3) is 0 Å². The van der Waals surface area contributed by atoms with E-state index in [1.54, 1.807) is 24.3 Å². The average molecular weight is 472 g/mol. The fourth-order valence-corrected chi connectivity index (χ4v) is 5.07. The van der Waals surface area contributed by atoms with Crippen LogP contribution in [-0.2, 0) is 16.0 Å². The molecule has 0 aliphatic carbocycles. The first kappa shape index (κ1) is 23.6. The predicted octanol–water partition coefficient (Wildman–Crippen LogP) is 5.19. The number of carbonyl (C=O) groups is 2. The van der Waals surface area contributed by atoms with Gasteiger partial charge in [0.1, 0.15) is 11.4 Å². The zero-order chi connectivity index (χ0) is 23.4. The van der Waals surface area contributed by atoms with E-state index < -0.39 is 11.6 Å². The zero-order valence-electron chi connectivity index (χ0n) is 18.8. The first-order valence-corrected chi connectivity index (χ1v) is 11.9. The molecule has 0 unspecified atom stereocenters. The number of halogens is 1. The minimum absolute atomic E-state index is 0.0547. The number of benzene rings is 2. The number of fused-ring (bicyclic) bond motifs is 3. The van der Waals surface area contributed by atoms with Gasteiger partial charge in [0.05, 0.1) is 6.10 Å². The molecule has 1 amide bonds. The Balaban J connectivity index is 1.41. The van der Waals surface area contributed by atoms with Crippen LogP contribution < -0.4 is 10.1 Å². The summed E-state index contributed by atoms with van der Waals surface area (Å²) in [4.78, 5) is 23.3. The second kappa shape index (κ2) is 10.1. The van der Waals surface area contributed by atoms with Crippen LogP contribution in [0.2, 0.25) is 5.02 Å². The number of aliphatic carboxylic acids is 1. The van der Waals surface area contributed by atoms with E-state index in [0.717, 1.165) is 42.6 Å². The lowest BCUT2D eigenvalue weighted by Gasteiger charge is -2.49. The van der Waals surface area contributed by atoms with E-state index in [2.05, 4.69) is 12.2 Å². The molecule has 0 radical (unpaired) electrons. The lowest BCUT2D eigenvalue weighted by Crippen LogP contribution is -2.49. The number of hydrogen-bond acceptors (Lipinski definition) is 4. The summed E-state index contributed by atoms with van der Waals surface area (Å²) in [6.07, 6.45) is 4.11. The molecule has 1 fully saturated rings. The standard InChI is InChI=1S/C26H30ClNO5/c1-26(13-3-14-28-25(31)18-7-9-19(27)10-8-18)21-4-2-15-32-24(21)20-16-17(6-12-23(29)30)5-11-22(20)33-26/h5,7-11,16,21,24H,2-4,6,12-15H2,1H3,(H,28,31)(H,29,30)/t21-,24+,26+/m1/s1. The first-order chi connectivity index (χ1) is 15.9. The Labute approximate surface area is 199 Å². The SMILES string of the molecule is C[C@@]1(CCCNC(=O)c2ccc(Cl)cc2)Oc2ccc(CCC(=O)O)cc2[C@@H]2OCCC[C@H]21. The quantitative estimate of drug-likeness (QED) is 0.518. The van der Waals surface area contributed by atoms with Crippen molar-refractivity contribution in [1.29, 1.82) is 0 Å². The van der Waals surface area contributed by atoms with Gasteiger partial charge in [0.2, 0.25) is 0 Å². The molecule has 2 heterocycles. The van der Waals surface area contributed by atoms with E-state index in [9.17, 15) is 9.59 Å². The minimum atomic E-state index is -0.800. The van der Waals surface area contributed by atoms with Gasteiger partial charge in [-0.2, -0.15) is 0 Å². The third-order valence-electron chi connectivity index (χ3n) is 6.70. The molecular formula is C26H30ClNO5. The second-order valence-electron chi connectivity index (χ2n) is 9.09. The summed E-state index contributed by atoms with van der Waals surface area (Å²) in [6, 6.07) is 12.8. The third kappa shape index (κ3) is 5.50. The largest absolute Gasteiger partial charge is 0.487 e. The van der Waals surface area contributed by atoms with Crippen LogP contribution in [-0.4, -0.2) is 35.7 Å². The molecule has 2 aromatic carbocycles. The summed E-state index contributed by atoms with van der Waals surface area (Å²) in [5, 5.41) is 12.6. The van der Waals surface area contributed by atoms with Crippen molar-refractivity contribution >= 4 is 23.5 Å². The summed E-state index contributed by atoms with van der Waals surface area (Å²) < 4.78 is 12.8. The highest BCUT2D eigenvalue weighted by atomic mass is 35.5. The van der Waals surface area contributed by atoms with Crippen LogP contribution in [0.15, 0.2) is 42.5 Å². The fourth-order valence-electron chi connectivity index (χ4n) is 4.94. The Bertz CT molecular complexity index is 1010. The molecule has 0 bridgehead atoms. The van der Waals surface area contributed by atoms with Crippen LogP contribution in [0.5, 0.6) is 5.75 Å². The molecule has 0 saturated carbocycles. The average Bonchev–Trinajstić information content (AvgIpc) is 2.81. The molecule has 33 heavy (non-hydrogen) atoms. The van der Waals surface area contributed by atoms with Gasteiger partial charge in [-0.05, 0) is 81.0 Å². The number of carbonyl (C=O) groups excluding carboxylic acids is 1. The van der Waals surface area contributed by atoms with Gasteiger partial charge in [0.25, 0.3) is 5.91 Å². The van der Waals surface area contributed by atoms with Crippen molar-refractivity contribution in [3.63, 3.8) is 0 Å². The van der Waals surface area contributed by atoms with Gasteiger partial charge in [-0.15, -0.1) is 0 Å². The van der Waals surface area contributed by atoms with Gasteiger partial charge in [0.15, 0.2) is 0 Å². The van der Waals surface area contributed by atoms with E-state index in [1.807, 2.05) is 18.2 Å². The van der Waals surface area contributed by atoms with Crippen molar-refractivity contribution in [2.75, 3.05) is 13.2 Å². The highest BCUT2D eigenvalue weighted by Crippen LogP contribution is 2.51. The normalized spacial score (nSPS) is 23.7. The summed E-state index contributed by atoms with van der Waals surface area (Å²) in [5.41, 5.74) is 2.20. The fraction of sp³-hybridized carbons (Fsp3) is 0.462. The maximum absolute atomic E-state index is 12.4. The maximum Gasteiger partial charge on any atom is 0.303 e. The Hall–Kier alpha value is -2.57. The van der Waals surface area contributed by atoms with Crippen LogP contribution in [0.4, 0.5) is 0 Å². The predicted molar refractivity (Wildman–Crippen MR) is 126 cm³/mol. The van der Waals surface area contributed by atoms with Gasteiger partial charge in [0, 0.05) is 41.6 Å². The zero-order valence-corrected chi connectivity index (χ0v) is 19.6. The summed E-state index contributed by atoms with van der Waals surface area (Å²) in [7, 11) is 0. The van der Waals surface area contributed by atoms with Gasteiger partial charge >= 0.3 is 5.97 Å². The molecule has 1 saturated heterocycles. The first-order valence-electron chi connectivity index (χ1n) is 11.5. The maximum atomic E-state index is 12.4.